The molecule has 0 aliphatic rings. The van der Waals surface area contributed by atoms with E-state index in [0.717, 1.165) is 21.2 Å². The van der Waals surface area contributed by atoms with Crippen LogP contribution < -0.4 is 0 Å². The Kier molecular flexibility index (Phi) is 2.22. The van der Waals surface area contributed by atoms with Crippen LogP contribution in [-0.2, 0) is 0 Å². The number of para-hydroxylation sites is 1. The fraction of sp³-hybridized carbons (Fsp3) is 0. The van der Waals surface area contributed by atoms with Gasteiger partial charge >= 0.3 is 0 Å². The minimum absolute atomic E-state index is 0.870. The van der Waals surface area contributed by atoms with E-state index in [1.807, 2.05) is 47.3 Å². The normalized spacial score (nSPS) is 10.8. The van der Waals surface area contributed by atoms with Crippen molar-refractivity contribution in [2.24, 2.45) is 0 Å². The van der Waals surface area contributed by atoms with Crippen molar-refractivity contribution in [2.45, 2.75) is 0 Å². The van der Waals surface area contributed by atoms with E-state index in [4.69, 9.17) is 0 Å². The lowest BCUT2D eigenvalue weighted by Crippen LogP contribution is -1.96. The van der Waals surface area contributed by atoms with E-state index in [9.17, 15) is 0 Å². The van der Waals surface area contributed by atoms with Crippen LogP contribution in [0.1, 0.15) is 0 Å². The van der Waals surface area contributed by atoms with Crippen LogP contribution in [0.25, 0.3) is 16.7 Å². The summed E-state index contributed by atoms with van der Waals surface area (Å²) in [4.78, 5) is 4.37. The molecule has 4 heteroatoms. The van der Waals surface area contributed by atoms with E-state index < -0.39 is 0 Å². The Morgan fingerprint density at radius 1 is 1.06 bits per heavy atom. The zero-order chi connectivity index (χ0) is 11.0. The molecule has 3 rings (SSSR count). The van der Waals surface area contributed by atoms with Gasteiger partial charge in [-0.25, -0.2) is 9.67 Å². The highest BCUT2D eigenvalue weighted by Gasteiger charge is 2.05. The van der Waals surface area contributed by atoms with Crippen molar-refractivity contribution in [1.82, 2.24) is 14.8 Å². The number of nitrogens with zero attached hydrogens (tertiary/aromatic N) is 3. The fourth-order valence-corrected chi connectivity index (χ4v) is 2.00. The second-order valence-corrected chi connectivity index (χ2v) is 4.37. The van der Waals surface area contributed by atoms with Crippen molar-refractivity contribution < 1.29 is 0 Å². The summed E-state index contributed by atoms with van der Waals surface area (Å²) < 4.78 is 2.80. The third kappa shape index (κ3) is 1.51. The summed E-state index contributed by atoms with van der Waals surface area (Å²) >= 11 is 3.40. The third-order valence-corrected chi connectivity index (χ3v) is 2.81. The molecule has 0 fully saturated rings. The Bertz CT molecular complexity index is 631. The van der Waals surface area contributed by atoms with Crippen molar-refractivity contribution in [2.75, 3.05) is 0 Å². The second-order valence-electron chi connectivity index (χ2n) is 3.46. The van der Waals surface area contributed by atoms with Gasteiger partial charge in [-0.15, -0.1) is 0 Å². The van der Waals surface area contributed by atoms with Crippen LogP contribution in [0.5, 0.6) is 0 Å². The van der Waals surface area contributed by atoms with Crippen molar-refractivity contribution in [3.05, 3.63) is 53.3 Å². The van der Waals surface area contributed by atoms with Crippen molar-refractivity contribution >= 4 is 27.0 Å². The first-order valence-corrected chi connectivity index (χ1v) is 5.68. The van der Waals surface area contributed by atoms with Gasteiger partial charge in [0.05, 0.1) is 11.9 Å². The fourth-order valence-electron chi connectivity index (χ4n) is 1.65. The largest absolute Gasteiger partial charge is 0.235 e. The molecule has 0 spiro atoms. The van der Waals surface area contributed by atoms with Gasteiger partial charge in [-0.1, -0.05) is 18.2 Å². The van der Waals surface area contributed by atoms with Crippen LogP contribution in [0.15, 0.2) is 53.3 Å². The average Bonchev–Trinajstić information content (AvgIpc) is 2.73. The van der Waals surface area contributed by atoms with Crippen LogP contribution in [0.2, 0.25) is 0 Å². The molecule has 1 aromatic carbocycles. The van der Waals surface area contributed by atoms with E-state index in [2.05, 4.69) is 26.0 Å². The SMILES string of the molecule is Brc1cnc2c(cnn2-c2ccccc2)c1. The molecular weight excluding hydrogens is 266 g/mol. The molecule has 78 valence electrons. The first-order chi connectivity index (χ1) is 7.84. The van der Waals surface area contributed by atoms with E-state index >= 15 is 0 Å². The number of halogens is 1. The lowest BCUT2D eigenvalue weighted by molar-refractivity contribution is 0.897. The molecular formula is C12H8BrN3. The number of aromatic nitrogens is 3. The lowest BCUT2D eigenvalue weighted by Gasteiger charge is -2.01. The summed E-state index contributed by atoms with van der Waals surface area (Å²) in [6.45, 7) is 0. The molecule has 0 bridgehead atoms. The first kappa shape index (κ1) is 9.54. The van der Waals surface area contributed by atoms with E-state index in [1.54, 1.807) is 6.20 Å². The minimum atomic E-state index is 0.870. The molecule has 0 aliphatic carbocycles. The van der Waals surface area contributed by atoms with Gasteiger partial charge in [-0.2, -0.15) is 5.10 Å². The van der Waals surface area contributed by atoms with Crippen LogP contribution >= 0.6 is 15.9 Å². The average molecular weight is 274 g/mol. The van der Waals surface area contributed by atoms with Crippen molar-refractivity contribution in [3.63, 3.8) is 0 Å². The number of rotatable bonds is 1. The quantitative estimate of drug-likeness (QED) is 0.682. The summed E-state index contributed by atoms with van der Waals surface area (Å²) in [6, 6.07) is 12.0. The zero-order valence-electron chi connectivity index (χ0n) is 8.34. The van der Waals surface area contributed by atoms with Gasteiger partial charge in [-0.05, 0) is 34.1 Å². The number of benzene rings is 1. The lowest BCUT2D eigenvalue weighted by atomic mass is 10.3. The van der Waals surface area contributed by atoms with Crippen LogP contribution in [0.3, 0.4) is 0 Å². The van der Waals surface area contributed by atoms with E-state index in [0.29, 0.717) is 0 Å². The van der Waals surface area contributed by atoms with Gasteiger partial charge in [0.1, 0.15) is 0 Å². The first-order valence-electron chi connectivity index (χ1n) is 4.89. The van der Waals surface area contributed by atoms with Gasteiger partial charge in [0, 0.05) is 16.1 Å². The Morgan fingerprint density at radius 3 is 2.69 bits per heavy atom. The van der Waals surface area contributed by atoms with Crippen molar-refractivity contribution in [3.8, 4) is 5.69 Å². The third-order valence-electron chi connectivity index (χ3n) is 2.38. The Labute approximate surface area is 101 Å². The predicted molar refractivity (Wildman–Crippen MR) is 66.6 cm³/mol. The molecule has 0 unspecified atom stereocenters. The minimum Gasteiger partial charge on any atom is -0.235 e. The number of pyridine rings is 1. The standard InChI is InChI=1S/C12H8BrN3/c13-10-6-9-7-15-16(12(9)14-8-10)11-4-2-1-3-5-11/h1-8H. The molecule has 0 saturated carbocycles. The van der Waals surface area contributed by atoms with Crippen LogP contribution in [0, 0.1) is 0 Å². The van der Waals surface area contributed by atoms with Gasteiger partial charge in [0.15, 0.2) is 5.65 Å². The summed E-state index contributed by atoms with van der Waals surface area (Å²) in [7, 11) is 0. The Hall–Kier alpha value is -1.68. The predicted octanol–water partition coefficient (Wildman–Crippen LogP) is 3.18. The Balaban J connectivity index is 2.26. The molecule has 0 saturated heterocycles. The molecule has 0 atom stereocenters. The highest BCUT2D eigenvalue weighted by molar-refractivity contribution is 9.10. The van der Waals surface area contributed by atoms with Crippen molar-refractivity contribution in [1.29, 1.82) is 0 Å². The summed E-state index contributed by atoms with van der Waals surface area (Å²) in [5.74, 6) is 0. The van der Waals surface area contributed by atoms with Gasteiger partial charge < -0.3 is 0 Å². The van der Waals surface area contributed by atoms with E-state index in [1.165, 1.54) is 0 Å². The van der Waals surface area contributed by atoms with Gasteiger partial charge in [-0.3, -0.25) is 0 Å². The van der Waals surface area contributed by atoms with E-state index in [-0.39, 0.29) is 0 Å². The molecule has 2 heterocycles. The molecule has 3 nitrogen and oxygen atoms in total. The Morgan fingerprint density at radius 2 is 1.88 bits per heavy atom. The molecule has 2 aromatic heterocycles. The van der Waals surface area contributed by atoms with Crippen LogP contribution in [0.4, 0.5) is 0 Å². The molecule has 16 heavy (non-hydrogen) atoms. The zero-order valence-corrected chi connectivity index (χ0v) is 9.92. The van der Waals surface area contributed by atoms with Crippen LogP contribution in [-0.4, -0.2) is 14.8 Å². The monoisotopic (exact) mass is 273 g/mol. The molecule has 3 aromatic rings. The molecule has 0 aliphatic heterocycles. The number of hydrogen-bond donors (Lipinski definition) is 0. The maximum atomic E-state index is 4.37. The summed E-state index contributed by atoms with van der Waals surface area (Å²) in [5, 5.41) is 5.37. The van der Waals surface area contributed by atoms with Gasteiger partial charge in [0.25, 0.3) is 0 Å². The maximum absolute atomic E-state index is 4.37. The maximum Gasteiger partial charge on any atom is 0.162 e. The summed E-state index contributed by atoms with van der Waals surface area (Å²) in [5.41, 5.74) is 1.89. The summed E-state index contributed by atoms with van der Waals surface area (Å²) in [6.07, 6.45) is 3.60. The highest BCUT2D eigenvalue weighted by Crippen LogP contribution is 2.19. The smallest absolute Gasteiger partial charge is 0.162 e. The molecule has 0 amide bonds. The number of hydrogen-bond acceptors (Lipinski definition) is 2. The topological polar surface area (TPSA) is 30.7 Å². The second kappa shape index (κ2) is 3.72. The van der Waals surface area contributed by atoms with Gasteiger partial charge in [0.2, 0.25) is 0 Å². The molecule has 0 radical (unpaired) electrons. The highest BCUT2D eigenvalue weighted by atomic mass is 79.9. The number of fused-ring (bicyclic) bond motifs is 1. The molecule has 0 N–H and O–H groups in total.